The standard InChI is InChI=1S/C15H16N2O2/c1-11-3-2-4-12(7-11)16-5-6-17-10-15(19)14(18)8-13(17)9-16/h2-4,7-8,10,19H,5-6,9H2,1H3. The average Bonchev–Trinajstić information content (AvgIpc) is 2.39. The van der Waals surface area contributed by atoms with Crippen LogP contribution in [0.5, 0.6) is 5.75 Å². The average molecular weight is 256 g/mol. The smallest absolute Gasteiger partial charge is 0.223 e. The molecule has 98 valence electrons. The molecule has 0 saturated heterocycles. The number of anilines is 1. The van der Waals surface area contributed by atoms with Crippen LogP contribution in [0.3, 0.4) is 0 Å². The number of nitrogens with zero attached hydrogens (tertiary/aromatic N) is 2. The Labute approximate surface area is 111 Å². The monoisotopic (exact) mass is 256 g/mol. The molecule has 0 spiro atoms. The lowest BCUT2D eigenvalue weighted by atomic mass is 10.1. The van der Waals surface area contributed by atoms with Crippen LogP contribution in [0.4, 0.5) is 5.69 Å². The quantitative estimate of drug-likeness (QED) is 0.847. The van der Waals surface area contributed by atoms with Crippen LogP contribution in [0.15, 0.2) is 41.3 Å². The zero-order valence-electron chi connectivity index (χ0n) is 10.8. The second-order valence-electron chi connectivity index (χ2n) is 4.97. The summed E-state index contributed by atoms with van der Waals surface area (Å²) in [6.45, 7) is 4.42. The van der Waals surface area contributed by atoms with Crippen LogP contribution >= 0.6 is 0 Å². The van der Waals surface area contributed by atoms with E-state index in [2.05, 4.69) is 30.0 Å². The fourth-order valence-corrected chi connectivity index (χ4v) is 2.50. The van der Waals surface area contributed by atoms with Crippen LogP contribution in [0, 0.1) is 6.92 Å². The van der Waals surface area contributed by atoms with E-state index in [-0.39, 0.29) is 11.2 Å². The van der Waals surface area contributed by atoms with Crippen molar-refractivity contribution in [1.82, 2.24) is 4.57 Å². The molecule has 2 heterocycles. The number of hydrogen-bond donors (Lipinski definition) is 1. The molecule has 3 rings (SSSR count). The first-order valence-corrected chi connectivity index (χ1v) is 6.37. The molecule has 4 nitrogen and oxygen atoms in total. The van der Waals surface area contributed by atoms with Gasteiger partial charge in [-0.2, -0.15) is 0 Å². The largest absolute Gasteiger partial charge is 0.503 e. The van der Waals surface area contributed by atoms with Crippen LogP contribution < -0.4 is 10.3 Å². The zero-order valence-corrected chi connectivity index (χ0v) is 10.8. The minimum absolute atomic E-state index is 0.173. The molecule has 0 atom stereocenters. The molecule has 0 radical (unpaired) electrons. The second kappa shape index (κ2) is 4.46. The van der Waals surface area contributed by atoms with E-state index in [0.717, 1.165) is 18.8 Å². The molecule has 4 heteroatoms. The maximum Gasteiger partial charge on any atom is 0.223 e. The number of benzene rings is 1. The van der Waals surface area contributed by atoms with E-state index in [4.69, 9.17) is 0 Å². The van der Waals surface area contributed by atoms with Crippen molar-refractivity contribution >= 4 is 5.69 Å². The number of aromatic nitrogens is 1. The summed E-state index contributed by atoms with van der Waals surface area (Å²) in [5.41, 5.74) is 3.03. The van der Waals surface area contributed by atoms with Crippen molar-refractivity contribution in [2.45, 2.75) is 20.0 Å². The Hall–Kier alpha value is -2.23. The van der Waals surface area contributed by atoms with Gasteiger partial charge in [-0.3, -0.25) is 4.79 Å². The lowest BCUT2D eigenvalue weighted by Crippen LogP contribution is -2.35. The summed E-state index contributed by atoms with van der Waals surface area (Å²) >= 11 is 0. The van der Waals surface area contributed by atoms with Gasteiger partial charge < -0.3 is 14.6 Å². The van der Waals surface area contributed by atoms with Crippen LogP contribution in [-0.2, 0) is 13.1 Å². The molecule has 19 heavy (non-hydrogen) atoms. The lowest BCUT2D eigenvalue weighted by molar-refractivity contribution is 0.452. The number of rotatable bonds is 1. The van der Waals surface area contributed by atoms with Crippen molar-refractivity contribution in [3.05, 3.63) is 58.0 Å². The first-order chi connectivity index (χ1) is 9.13. The van der Waals surface area contributed by atoms with Crippen LogP contribution in [0.2, 0.25) is 0 Å². The van der Waals surface area contributed by atoms with E-state index in [1.54, 1.807) is 0 Å². The Kier molecular flexibility index (Phi) is 2.78. The van der Waals surface area contributed by atoms with Gasteiger partial charge in [0.1, 0.15) is 0 Å². The molecule has 0 amide bonds. The normalized spacial score (nSPS) is 14.3. The third-order valence-corrected chi connectivity index (χ3v) is 3.53. The van der Waals surface area contributed by atoms with Crippen LogP contribution in [-0.4, -0.2) is 16.2 Å². The summed E-state index contributed by atoms with van der Waals surface area (Å²) in [6, 6.07) is 9.87. The van der Waals surface area contributed by atoms with Gasteiger partial charge in [-0.1, -0.05) is 12.1 Å². The summed E-state index contributed by atoms with van der Waals surface area (Å²) in [5.74, 6) is -0.173. The molecule has 1 N–H and O–H groups in total. The molecule has 2 aromatic rings. The van der Waals surface area contributed by atoms with Gasteiger partial charge in [-0.15, -0.1) is 0 Å². The minimum Gasteiger partial charge on any atom is -0.503 e. The lowest BCUT2D eigenvalue weighted by Gasteiger charge is -2.32. The molecule has 0 bridgehead atoms. The van der Waals surface area contributed by atoms with Gasteiger partial charge >= 0.3 is 0 Å². The number of aryl methyl sites for hydroxylation is 1. The first-order valence-electron chi connectivity index (χ1n) is 6.37. The van der Waals surface area contributed by atoms with Gasteiger partial charge in [-0.25, -0.2) is 0 Å². The van der Waals surface area contributed by atoms with Gasteiger partial charge in [0.2, 0.25) is 5.43 Å². The Morgan fingerprint density at radius 2 is 2.05 bits per heavy atom. The zero-order chi connectivity index (χ0) is 13.4. The number of hydrogen-bond acceptors (Lipinski definition) is 3. The Morgan fingerprint density at radius 3 is 2.84 bits per heavy atom. The summed E-state index contributed by atoms with van der Waals surface area (Å²) < 4.78 is 1.95. The summed E-state index contributed by atoms with van der Waals surface area (Å²) in [7, 11) is 0. The van der Waals surface area contributed by atoms with E-state index < -0.39 is 0 Å². The van der Waals surface area contributed by atoms with Gasteiger partial charge in [0.25, 0.3) is 0 Å². The molecule has 1 aromatic carbocycles. The summed E-state index contributed by atoms with van der Waals surface area (Å²) in [4.78, 5) is 13.8. The van der Waals surface area contributed by atoms with E-state index in [1.807, 2.05) is 10.6 Å². The molecule has 0 aliphatic carbocycles. The molecule has 0 fully saturated rings. The van der Waals surface area contributed by atoms with Crippen molar-refractivity contribution in [2.24, 2.45) is 0 Å². The maximum atomic E-state index is 11.5. The predicted molar refractivity (Wildman–Crippen MR) is 74.6 cm³/mol. The molecular weight excluding hydrogens is 240 g/mol. The van der Waals surface area contributed by atoms with E-state index in [9.17, 15) is 9.90 Å². The number of pyridine rings is 1. The highest BCUT2D eigenvalue weighted by Gasteiger charge is 2.17. The Bertz CT molecular complexity index is 676. The fourth-order valence-electron chi connectivity index (χ4n) is 2.50. The molecule has 0 unspecified atom stereocenters. The second-order valence-corrected chi connectivity index (χ2v) is 4.97. The molecule has 0 saturated carbocycles. The highest BCUT2D eigenvalue weighted by atomic mass is 16.3. The van der Waals surface area contributed by atoms with Gasteiger partial charge in [0, 0.05) is 30.5 Å². The SMILES string of the molecule is Cc1cccc(N2CCn3cc(O)c(=O)cc3C2)c1. The van der Waals surface area contributed by atoms with Gasteiger partial charge in [-0.05, 0) is 24.6 Å². The van der Waals surface area contributed by atoms with Gasteiger partial charge in [0.15, 0.2) is 5.75 Å². The maximum absolute atomic E-state index is 11.5. The molecule has 1 aliphatic rings. The topological polar surface area (TPSA) is 45.5 Å². The predicted octanol–water partition coefficient (Wildman–Crippen LogP) is 1.88. The first kappa shape index (κ1) is 11.8. The van der Waals surface area contributed by atoms with Crippen molar-refractivity contribution < 1.29 is 5.11 Å². The van der Waals surface area contributed by atoms with Crippen LogP contribution in [0.1, 0.15) is 11.3 Å². The molecule has 1 aromatic heterocycles. The van der Waals surface area contributed by atoms with Crippen molar-refractivity contribution in [3.8, 4) is 5.75 Å². The van der Waals surface area contributed by atoms with Gasteiger partial charge in [0.05, 0.1) is 12.7 Å². The highest BCUT2D eigenvalue weighted by molar-refractivity contribution is 5.49. The van der Waals surface area contributed by atoms with Crippen LogP contribution in [0.25, 0.3) is 0 Å². The molecular formula is C15H16N2O2. The van der Waals surface area contributed by atoms with E-state index in [0.29, 0.717) is 6.54 Å². The number of fused-ring (bicyclic) bond motifs is 1. The minimum atomic E-state index is -0.308. The van der Waals surface area contributed by atoms with Crippen molar-refractivity contribution in [1.29, 1.82) is 0 Å². The number of aromatic hydroxyl groups is 1. The van der Waals surface area contributed by atoms with Crippen molar-refractivity contribution in [2.75, 3.05) is 11.4 Å². The Morgan fingerprint density at radius 1 is 1.21 bits per heavy atom. The fraction of sp³-hybridized carbons (Fsp3) is 0.267. The third-order valence-electron chi connectivity index (χ3n) is 3.53. The summed E-state index contributed by atoms with van der Waals surface area (Å²) in [5, 5.41) is 9.45. The van der Waals surface area contributed by atoms with E-state index in [1.165, 1.54) is 23.5 Å². The Balaban J connectivity index is 1.94. The highest BCUT2D eigenvalue weighted by Crippen LogP contribution is 2.22. The third kappa shape index (κ3) is 2.21. The van der Waals surface area contributed by atoms with E-state index >= 15 is 0 Å². The van der Waals surface area contributed by atoms with Crippen molar-refractivity contribution in [3.63, 3.8) is 0 Å². The summed E-state index contributed by atoms with van der Waals surface area (Å²) in [6.07, 6.45) is 1.53. The molecule has 1 aliphatic heterocycles.